The van der Waals surface area contributed by atoms with Crippen LogP contribution < -0.4 is 4.74 Å². The zero-order valence-corrected chi connectivity index (χ0v) is 7.52. The molecule has 0 bridgehead atoms. The molecule has 0 aliphatic heterocycles. The molecule has 0 spiro atoms. The van der Waals surface area contributed by atoms with Gasteiger partial charge in [-0.25, -0.2) is 0 Å². The molecule has 0 atom stereocenters. The monoisotopic (exact) mass is 167 g/mol. The molecular formula is C9H11OS. The van der Waals surface area contributed by atoms with Crippen LogP contribution in [0.5, 0.6) is 5.75 Å². The maximum Gasteiger partial charge on any atom is 0.121 e. The van der Waals surface area contributed by atoms with Crippen molar-refractivity contribution in [3.05, 3.63) is 24.3 Å². The highest BCUT2D eigenvalue weighted by Crippen LogP contribution is 2.16. The Bertz CT molecular complexity index is 233. The van der Waals surface area contributed by atoms with E-state index in [0.29, 0.717) is 0 Å². The molecule has 0 N–H and O–H groups in total. The van der Waals surface area contributed by atoms with E-state index in [4.69, 9.17) is 17.4 Å². The molecule has 1 rings (SSSR count). The van der Waals surface area contributed by atoms with Gasteiger partial charge in [0.25, 0.3) is 0 Å². The molecule has 1 radical (unpaired) electrons. The first kappa shape index (κ1) is 8.34. The summed E-state index contributed by atoms with van der Waals surface area (Å²) >= 11 is 4.97. The zero-order chi connectivity index (χ0) is 8.27. The normalized spacial score (nSPS) is 10.1. The first-order valence-corrected chi connectivity index (χ1v) is 4.03. The fourth-order valence-electron chi connectivity index (χ4n) is 0.820. The van der Waals surface area contributed by atoms with Crippen LogP contribution >= 0.6 is 12.6 Å². The molecule has 0 fully saturated rings. The number of hydrogen-bond acceptors (Lipinski definition) is 1. The van der Waals surface area contributed by atoms with E-state index in [-0.39, 0.29) is 6.10 Å². The number of ether oxygens (including phenoxy) is 1. The van der Waals surface area contributed by atoms with Crippen molar-refractivity contribution in [2.45, 2.75) is 24.8 Å². The summed E-state index contributed by atoms with van der Waals surface area (Å²) in [6, 6.07) is 7.55. The molecule has 0 saturated carbocycles. The maximum atomic E-state index is 5.43. The molecule has 0 heterocycles. The van der Waals surface area contributed by atoms with Gasteiger partial charge in [0, 0.05) is 4.90 Å². The van der Waals surface area contributed by atoms with E-state index >= 15 is 0 Å². The molecule has 1 aromatic carbocycles. The van der Waals surface area contributed by atoms with E-state index in [1.807, 2.05) is 38.1 Å². The molecule has 0 amide bonds. The minimum atomic E-state index is 0.215. The molecule has 1 nitrogen and oxygen atoms in total. The first-order valence-electron chi connectivity index (χ1n) is 3.62. The average Bonchev–Trinajstić information content (AvgIpc) is 1.85. The first-order chi connectivity index (χ1) is 5.18. The number of rotatable bonds is 2. The molecule has 0 aromatic heterocycles. The van der Waals surface area contributed by atoms with Crippen molar-refractivity contribution in [1.29, 1.82) is 0 Å². The molecule has 11 heavy (non-hydrogen) atoms. The summed E-state index contributed by atoms with van der Waals surface area (Å²) in [7, 11) is 0. The van der Waals surface area contributed by atoms with E-state index in [2.05, 4.69) is 0 Å². The number of benzene rings is 1. The van der Waals surface area contributed by atoms with Gasteiger partial charge < -0.3 is 4.74 Å². The predicted octanol–water partition coefficient (Wildman–Crippen LogP) is 3.03. The second-order valence-corrected chi connectivity index (χ2v) is 3.11. The van der Waals surface area contributed by atoms with E-state index in [1.54, 1.807) is 0 Å². The van der Waals surface area contributed by atoms with Gasteiger partial charge in [-0.1, -0.05) is 18.7 Å². The maximum absolute atomic E-state index is 5.43. The highest BCUT2D eigenvalue weighted by atomic mass is 32.1. The van der Waals surface area contributed by atoms with Crippen molar-refractivity contribution < 1.29 is 4.74 Å². The Morgan fingerprint density at radius 1 is 1.36 bits per heavy atom. The molecule has 2 heteroatoms. The Labute approximate surface area is 72.8 Å². The van der Waals surface area contributed by atoms with Crippen LogP contribution in [-0.2, 0) is 0 Å². The predicted molar refractivity (Wildman–Crippen MR) is 48.1 cm³/mol. The van der Waals surface area contributed by atoms with E-state index in [1.165, 1.54) is 0 Å². The minimum absolute atomic E-state index is 0.215. The Balaban J connectivity index is 2.71. The Hall–Kier alpha value is -0.760. The summed E-state index contributed by atoms with van der Waals surface area (Å²) in [6.45, 7) is 3.99. The standard InChI is InChI=1S/C9H11OS/c1-7(2)10-8-4-3-5-9(11)6-8/h3-7H,1-2H3. The second kappa shape index (κ2) is 3.58. The fourth-order valence-corrected chi connectivity index (χ4v) is 1.01. The summed E-state index contributed by atoms with van der Waals surface area (Å²) in [4.78, 5) is 0.822. The third kappa shape index (κ3) is 2.76. The summed E-state index contributed by atoms with van der Waals surface area (Å²) in [5, 5.41) is 0. The van der Waals surface area contributed by atoms with Crippen LogP contribution in [0.25, 0.3) is 0 Å². The largest absolute Gasteiger partial charge is 0.491 e. The van der Waals surface area contributed by atoms with E-state index in [0.717, 1.165) is 10.6 Å². The molecule has 0 aliphatic rings. The SMILES string of the molecule is CC(C)Oc1cccc([S])c1. The van der Waals surface area contributed by atoms with Gasteiger partial charge >= 0.3 is 0 Å². The third-order valence-electron chi connectivity index (χ3n) is 1.18. The third-order valence-corrected chi connectivity index (χ3v) is 1.43. The lowest BCUT2D eigenvalue weighted by atomic mass is 10.3. The van der Waals surface area contributed by atoms with Gasteiger partial charge in [-0.05, 0) is 32.0 Å². The van der Waals surface area contributed by atoms with Crippen molar-refractivity contribution in [3.8, 4) is 5.75 Å². The van der Waals surface area contributed by atoms with Gasteiger partial charge in [-0.15, -0.1) is 0 Å². The van der Waals surface area contributed by atoms with E-state index in [9.17, 15) is 0 Å². The fraction of sp³-hybridized carbons (Fsp3) is 0.333. The van der Waals surface area contributed by atoms with E-state index < -0.39 is 0 Å². The zero-order valence-electron chi connectivity index (χ0n) is 6.70. The molecular weight excluding hydrogens is 156 g/mol. The summed E-state index contributed by atoms with van der Waals surface area (Å²) in [5.41, 5.74) is 0. The highest BCUT2D eigenvalue weighted by molar-refractivity contribution is 7.80. The van der Waals surface area contributed by atoms with Crippen LogP contribution in [0.3, 0.4) is 0 Å². The minimum Gasteiger partial charge on any atom is -0.491 e. The number of hydrogen-bond donors (Lipinski definition) is 0. The van der Waals surface area contributed by atoms with Crippen LogP contribution in [0.15, 0.2) is 29.2 Å². The van der Waals surface area contributed by atoms with Gasteiger partial charge in [-0.2, -0.15) is 0 Å². The Kier molecular flexibility index (Phi) is 2.71. The molecule has 0 unspecified atom stereocenters. The molecule has 59 valence electrons. The Morgan fingerprint density at radius 2 is 2.09 bits per heavy atom. The summed E-state index contributed by atoms with van der Waals surface area (Å²) < 4.78 is 5.43. The van der Waals surface area contributed by atoms with Gasteiger partial charge in [0.15, 0.2) is 0 Å². The van der Waals surface area contributed by atoms with Crippen LogP contribution in [0, 0.1) is 0 Å². The lowest BCUT2D eigenvalue weighted by Gasteiger charge is -2.08. The topological polar surface area (TPSA) is 9.23 Å². The van der Waals surface area contributed by atoms with Crippen LogP contribution in [0.1, 0.15) is 13.8 Å². The summed E-state index contributed by atoms with van der Waals surface area (Å²) in [6.07, 6.45) is 0.215. The molecule has 1 aromatic rings. The van der Waals surface area contributed by atoms with Crippen molar-refractivity contribution in [3.63, 3.8) is 0 Å². The highest BCUT2D eigenvalue weighted by Gasteiger charge is 1.96. The van der Waals surface area contributed by atoms with Crippen molar-refractivity contribution >= 4 is 12.6 Å². The smallest absolute Gasteiger partial charge is 0.121 e. The van der Waals surface area contributed by atoms with Crippen LogP contribution in [0.4, 0.5) is 0 Å². The van der Waals surface area contributed by atoms with Crippen molar-refractivity contribution in [1.82, 2.24) is 0 Å². The Morgan fingerprint density at radius 3 is 2.64 bits per heavy atom. The second-order valence-electron chi connectivity index (χ2n) is 2.64. The van der Waals surface area contributed by atoms with Crippen molar-refractivity contribution in [2.75, 3.05) is 0 Å². The van der Waals surface area contributed by atoms with Gasteiger partial charge in [-0.3, -0.25) is 0 Å². The molecule has 0 saturated heterocycles. The van der Waals surface area contributed by atoms with Crippen LogP contribution in [-0.4, -0.2) is 6.10 Å². The lowest BCUT2D eigenvalue weighted by molar-refractivity contribution is 0.242. The molecule has 0 aliphatic carbocycles. The lowest BCUT2D eigenvalue weighted by Crippen LogP contribution is -2.05. The van der Waals surface area contributed by atoms with Gasteiger partial charge in [0.2, 0.25) is 0 Å². The average molecular weight is 167 g/mol. The van der Waals surface area contributed by atoms with Crippen LogP contribution in [0.2, 0.25) is 0 Å². The van der Waals surface area contributed by atoms with Crippen molar-refractivity contribution in [2.24, 2.45) is 0 Å². The summed E-state index contributed by atoms with van der Waals surface area (Å²) in [5.74, 6) is 0.854. The quantitative estimate of drug-likeness (QED) is 0.658. The van der Waals surface area contributed by atoms with Gasteiger partial charge in [0.05, 0.1) is 6.10 Å². The van der Waals surface area contributed by atoms with Gasteiger partial charge in [0.1, 0.15) is 5.75 Å².